The molecule has 0 unspecified atom stereocenters. The summed E-state index contributed by atoms with van der Waals surface area (Å²) in [5.74, 6) is 0.600. The molecule has 4 rings (SSSR count). The van der Waals surface area contributed by atoms with Crippen molar-refractivity contribution in [3.05, 3.63) is 62.0 Å². The van der Waals surface area contributed by atoms with Gasteiger partial charge in [0.2, 0.25) is 6.79 Å². The van der Waals surface area contributed by atoms with Crippen molar-refractivity contribution in [3.8, 4) is 17.2 Å². The van der Waals surface area contributed by atoms with Crippen molar-refractivity contribution in [2.24, 2.45) is 0 Å². The van der Waals surface area contributed by atoms with E-state index in [1.54, 1.807) is 24.3 Å². The summed E-state index contributed by atoms with van der Waals surface area (Å²) in [4.78, 5) is 36.8. The highest BCUT2D eigenvalue weighted by atomic mass is 35.5. The van der Waals surface area contributed by atoms with Gasteiger partial charge in [0.05, 0.1) is 28.0 Å². The third-order valence-electron chi connectivity index (χ3n) is 4.28. The Morgan fingerprint density at radius 2 is 1.90 bits per heavy atom. The highest BCUT2D eigenvalue weighted by molar-refractivity contribution is 8.18. The fourth-order valence-electron chi connectivity index (χ4n) is 2.84. The van der Waals surface area contributed by atoms with E-state index >= 15 is 0 Å². The van der Waals surface area contributed by atoms with Crippen LogP contribution in [0, 0.1) is 10.1 Å². The van der Waals surface area contributed by atoms with Crippen molar-refractivity contribution in [1.29, 1.82) is 0 Å². The lowest BCUT2D eigenvalue weighted by atomic mass is 10.1. The minimum Gasteiger partial charge on any atom is -0.492 e. The number of amides is 2. The molecular weight excluding hydrogens is 436 g/mol. The van der Waals surface area contributed by atoms with Crippen molar-refractivity contribution in [3.63, 3.8) is 0 Å². The normalized spacial score (nSPS) is 16.4. The Labute approximate surface area is 179 Å². The van der Waals surface area contributed by atoms with E-state index in [0.29, 0.717) is 28.3 Å². The maximum Gasteiger partial charge on any atom is 0.293 e. The fraction of sp³-hybridized carbons (Fsp3) is 0.158. The van der Waals surface area contributed by atoms with E-state index in [1.807, 2.05) is 0 Å². The molecule has 11 heteroatoms. The molecule has 2 heterocycles. The third-order valence-corrected chi connectivity index (χ3v) is 5.44. The summed E-state index contributed by atoms with van der Waals surface area (Å²) in [6.07, 6.45) is 1.31. The number of benzene rings is 2. The molecule has 0 N–H and O–H groups in total. The van der Waals surface area contributed by atoms with Gasteiger partial charge < -0.3 is 14.2 Å². The number of hydrogen-bond acceptors (Lipinski definition) is 8. The van der Waals surface area contributed by atoms with Crippen LogP contribution in [0.3, 0.4) is 0 Å². The number of nitro groups is 1. The Hall–Kier alpha value is -3.24. The number of hydrogen-bond donors (Lipinski definition) is 0. The van der Waals surface area contributed by atoms with Crippen LogP contribution in [0.2, 0.25) is 5.02 Å². The van der Waals surface area contributed by atoms with Gasteiger partial charge >= 0.3 is 0 Å². The van der Waals surface area contributed by atoms with Crippen LogP contribution in [0.5, 0.6) is 17.2 Å². The lowest BCUT2D eigenvalue weighted by molar-refractivity contribution is -0.385. The van der Waals surface area contributed by atoms with Crippen molar-refractivity contribution in [2.75, 3.05) is 19.9 Å². The van der Waals surface area contributed by atoms with Gasteiger partial charge in [-0.2, -0.15) is 0 Å². The van der Waals surface area contributed by atoms with E-state index in [-0.39, 0.29) is 41.9 Å². The fourth-order valence-corrected chi connectivity index (χ4v) is 3.82. The standard InChI is InChI=1S/C19H13ClN2O7S/c20-12-1-3-13(4-2-12)27-6-5-21-18(23)17(30-19(21)24)8-11-7-15-16(29-10-28-15)9-14(11)22(25)26/h1-4,7-9H,5-6,10H2/b17-8-. The Balaban J connectivity index is 1.49. The van der Waals surface area contributed by atoms with Crippen molar-refractivity contribution in [2.45, 2.75) is 0 Å². The van der Waals surface area contributed by atoms with Crippen LogP contribution in [-0.4, -0.2) is 40.9 Å². The van der Waals surface area contributed by atoms with Gasteiger partial charge in [-0.1, -0.05) is 11.6 Å². The number of thioether (sulfide) groups is 1. The Bertz CT molecular complexity index is 1070. The molecule has 2 amide bonds. The van der Waals surface area contributed by atoms with Crippen molar-refractivity contribution < 1.29 is 28.7 Å². The molecule has 2 aromatic rings. The van der Waals surface area contributed by atoms with E-state index in [0.717, 1.165) is 4.90 Å². The molecule has 0 bridgehead atoms. The molecule has 0 atom stereocenters. The molecule has 0 spiro atoms. The van der Waals surface area contributed by atoms with Crippen molar-refractivity contribution in [1.82, 2.24) is 4.90 Å². The summed E-state index contributed by atoms with van der Waals surface area (Å²) in [6.45, 7) is 0.0884. The first-order valence-electron chi connectivity index (χ1n) is 8.64. The molecule has 154 valence electrons. The van der Waals surface area contributed by atoms with Crippen LogP contribution in [-0.2, 0) is 4.79 Å². The van der Waals surface area contributed by atoms with Gasteiger partial charge in [0.1, 0.15) is 12.4 Å². The van der Waals surface area contributed by atoms with Gasteiger partial charge in [-0.15, -0.1) is 0 Å². The number of halogens is 1. The Morgan fingerprint density at radius 1 is 1.20 bits per heavy atom. The second-order valence-corrected chi connectivity index (χ2v) is 7.59. The van der Waals surface area contributed by atoms with Crippen LogP contribution in [0.4, 0.5) is 10.5 Å². The van der Waals surface area contributed by atoms with E-state index in [2.05, 4.69) is 0 Å². The van der Waals surface area contributed by atoms with E-state index in [9.17, 15) is 19.7 Å². The van der Waals surface area contributed by atoms with Crippen LogP contribution in [0.15, 0.2) is 41.3 Å². The number of imide groups is 1. The van der Waals surface area contributed by atoms with Crippen molar-refractivity contribution >= 4 is 46.3 Å². The minimum atomic E-state index is -0.585. The summed E-state index contributed by atoms with van der Waals surface area (Å²) in [5.41, 5.74) is -0.107. The quantitative estimate of drug-likeness (QED) is 0.369. The first-order valence-corrected chi connectivity index (χ1v) is 9.83. The number of nitrogens with zero attached hydrogens (tertiary/aromatic N) is 2. The molecule has 0 saturated carbocycles. The molecular formula is C19H13ClN2O7S. The first-order chi connectivity index (χ1) is 14.4. The molecule has 2 aliphatic heterocycles. The predicted molar refractivity (Wildman–Crippen MR) is 109 cm³/mol. The highest BCUT2D eigenvalue weighted by Gasteiger charge is 2.35. The lowest BCUT2D eigenvalue weighted by Crippen LogP contribution is -2.32. The maximum atomic E-state index is 12.6. The number of rotatable bonds is 6. The molecule has 30 heavy (non-hydrogen) atoms. The molecule has 0 aromatic heterocycles. The molecule has 2 aliphatic rings. The van der Waals surface area contributed by atoms with Gasteiger partial charge in [-0.25, -0.2) is 0 Å². The monoisotopic (exact) mass is 448 g/mol. The summed E-state index contributed by atoms with van der Waals surface area (Å²) < 4.78 is 15.9. The van der Waals surface area contributed by atoms with E-state index in [1.165, 1.54) is 18.2 Å². The van der Waals surface area contributed by atoms with E-state index < -0.39 is 16.1 Å². The number of ether oxygens (including phenoxy) is 3. The number of carbonyl (C=O) groups excluding carboxylic acids is 2. The zero-order valence-corrected chi connectivity index (χ0v) is 16.8. The van der Waals surface area contributed by atoms with E-state index in [4.69, 9.17) is 25.8 Å². The third kappa shape index (κ3) is 4.05. The summed E-state index contributed by atoms with van der Waals surface area (Å²) in [7, 11) is 0. The molecule has 1 saturated heterocycles. The smallest absolute Gasteiger partial charge is 0.293 e. The Morgan fingerprint density at radius 3 is 2.60 bits per heavy atom. The van der Waals surface area contributed by atoms with Gasteiger partial charge in [0.25, 0.3) is 16.8 Å². The number of carbonyl (C=O) groups is 2. The first kappa shape index (κ1) is 20.0. The lowest BCUT2D eigenvalue weighted by Gasteiger charge is -2.13. The predicted octanol–water partition coefficient (Wildman–Crippen LogP) is 4.09. The van der Waals surface area contributed by atoms with Gasteiger partial charge in [-0.3, -0.25) is 24.6 Å². The molecule has 0 radical (unpaired) electrons. The summed E-state index contributed by atoms with van der Waals surface area (Å²) in [5, 5.41) is 11.5. The largest absolute Gasteiger partial charge is 0.492 e. The summed E-state index contributed by atoms with van der Waals surface area (Å²) in [6, 6.07) is 9.33. The van der Waals surface area contributed by atoms with Crippen LogP contribution in [0.25, 0.3) is 6.08 Å². The molecule has 9 nitrogen and oxygen atoms in total. The highest BCUT2D eigenvalue weighted by Crippen LogP contribution is 2.40. The average molecular weight is 449 g/mol. The van der Waals surface area contributed by atoms with Crippen LogP contribution in [0.1, 0.15) is 5.56 Å². The van der Waals surface area contributed by atoms with Gasteiger partial charge in [0.15, 0.2) is 11.5 Å². The second-order valence-electron chi connectivity index (χ2n) is 6.16. The summed E-state index contributed by atoms with van der Waals surface area (Å²) >= 11 is 6.52. The zero-order chi connectivity index (χ0) is 21.3. The SMILES string of the molecule is O=C1S/C(=C\c2cc3c(cc2[N+](=O)[O-])OCO3)C(=O)N1CCOc1ccc(Cl)cc1. The maximum absolute atomic E-state index is 12.6. The van der Waals surface area contributed by atoms with Crippen LogP contribution < -0.4 is 14.2 Å². The number of fused-ring (bicyclic) bond motifs is 1. The van der Waals surface area contributed by atoms with Gasteiger partial charge in [0, 0.05) is 5.02 Å². The second kappa shape index (κ2) is 8.25. The number of nitro benzene ring substituents is 1. The molecule has 2 aromatic carbocycles. The average Bonchev–Trinajstić information content (AvgIpc) is 3.27. The molecule has 0 aliphatic carbocycles. The zero-order valence-electron chi connectivity index (χ0n) is 15.2. The minimum absolute atomic E-state index is 0.0356. The molecule has 1 fully saturated rings. The Kier molecular flexibility index (Phi) is 5.51. The van der Waals surface area contributed by atoms with Crippen LogP contribution >= 0.6 is 23.4 Å². The van der Waals surface area contributed by atoms with Gasteiger partial charge in [-0.05, 0) is 48.2 Å². The topological polar surface area (TPSA) is 108 Å².